The zero-order chi connectivity index (χ0) is 16.2. The van der Waals surface area contributed by atoms with Crippen LogP contribution in [-0.2, 0) is 16.6 Å². The van der Waals surface area contributed by atoms with Crippen LogP contribution in [-0.4, -0.2) is 46.9 Å². The molecular weight excluding hydrogens is 294 g/mol. The fraction of sp³-hybridized carbons (Fsp3) is 0.611. The number of Topliss-reactive ketones (excluding diaryl/α,β-unsaturated/α-hetero) is 1. The number of piperidine rings is 1. The van der Waals surface area contributed by atoms with E-state index in [4.69, 9.17) is 4.74 Å². The molecule has 5 nitrogen and oxygen atoms in total. The highest BCUT2D eigenvalue weighted by molar-refractivity contribution is 5.89. The first-order chi connectivity index (χ1) is 10.8. The van der Waals surface area contributed by atoms with Crippen molar-refractivity contribution in [1.82, 2.24) is 0 Å². The largest absolute Gasteiger partial charge is 0.633 e. The molecule has 1 aromatic rings. The molecule has 2 aliphatic heterocycles. The number of benzene rings is 1. The molecule has 4 aliphatic rings. The summed E-state index contributed by atoms with van der Waals surface area (Å²) < 4.78 is 5.71. The maximum atomic E-state index is 13.1. The van der Waals surface area contributed by atoms with E-state index in [-0.39, 0.29) is 5.78 Å². The Hall–Kier alpha value is -1.43. The fourth-order valence-electron chi connectivity index (χ4n) is 5.85. The number of ether oxygens (including phenoxy) is 1. The second kappa shape index (κ2) is 3.79. The second-order valence-corrected chi connectivity index (χ2v) is 7.97. The van der Waals surface area contributed by atoms with Gasteiger partial charge in [0, 0.05) is 24.8 Å². The van der Waals surface area contributed by atoms with Crippen LogP contribution in [0.2, 0.25) is 0 Å². The molecule has 122 valence electrons. The van der Waals surface area contributed by atoms with Crippen molar-refractivity contribution >= 4 is 5.78 Å². The van der Waals surface area contributed by atoms with Crippen LogP contribution in [0.3, 0.4) is 0 Å². The molecule has 0 amide bonds. The molecule has 5 rings (SSSR count). The first-order valence-electron chi connectivity index (χ1n) is 8.42. The minimum absolute atomic E-state index is 0.0684. The van der Waals surface area contributed by atoms with Crippen molar-refractivity contribution in [2.24, 2.45) is 0 Å². The lowest BCUT2D eigenvalue weighted by atomic mass is 9.49. The summed E-state index contributed by atoms with van der Waals surface area (Å²) in [5.41, 5.74) is 1.24. The van der Waals surface area contributed by atoms with Gasteiger partial charge in [-0.25, -0.2) is 0 Å². The fourth-order valence-corrected chi connectivity index (χ4v) is 5.85. The van der Waals surface area contributed by atoms with Crippen molar-refractivity contribution in [3.05, 3.63) is 34.0 Å². The summed E-state index contributed by atoms with van der Waals surface area (Å²) in [6.45, 7) is 2.41. The number of ketones is 1. The predicted octanol–water partition coefficient (Wildman–Crippen LogP) is 1.36. The Bertz CT molecular complexity index is 758. The highest BCUT2D eigenvalue weighted by Crippen LogP contribution is 2.64. The molecule has 1 saturated carbocycles. The molecule has 1 unspecified atom stereocenters. The van der Waals surface area contributed by atoms with Gasteiger partial charge in [0.05, 0.1) is 19.0 Å². The Morgan fingerprint density at radius 3 is 2.96 bits per heavy atom. The van der Waals surface area contributed by atoms with Gasteiger partial charge in [0.1, 0.15) is 17.4 Å². The third-order valence-corrected chi connectivity index (χ3v) is 6.96. The molecule has 23 heavy (non-hydrogen) atoms. The molecule has 0 radical (unpaired) electrons. The zero-order valence-electron chi connectivity index (χ0n) is 13.5. The van der Waals surface area contributed by atoms with Crippen LogP contribution in [0.1, 0.15) is 36.0 Å². The number of nitrogens with zero attached hydrogens (tertiary/aromatic N) is 1. The van der Waals surface area contributed by atoms with Gasteiger partial charge in [-0.2, -0.15) is 0 Å². The molecule has 1 spiro atoms. The van der Waals surface area contributed by atoms with Gasteiger partial charge >= 0.3 is 0 Å². The lowest BCUT2D eigenvalue weighted by Crippen LogP contribution is -2.79. The maximum absolute atomic E-state index is 13.1. The Morgan fingerprint density at radius 2 is 2.17 bits per heavy atom. The van der Waals surface area contributed by atoms with Crippen molar-refractivity contribution in [3.8, 4) is 5.75 Å². The smallest absolute Gasteiger partial charge is 0.174 e. The number of rotatable bonds is 0. The third kappa shape index (κ3) is 1.31. The molecule has 2 heterocycles. The summed E-state index contributed by atoms with van der Waals surface area (Å²) in [7, 11) is 1.66. The van der Waals surface area contributed by atoms with E-state index >= 15 is 0 Å². The molecule has 1 N–H and O–H groups in total. The molecule has 2 bridgehead atoms. The van der Waals surface area contributed by atoms with Crippen LogP contribution in [0.5, 0.6) is 5.75 Å². The Kier molecular flexibility index (Phi) is 2.30. The van der Waals surface area contributed by atoms with Gasteiger partial charge in [0.25, 0.3) is 0 Å². The van der Waals surface area contributed by atoms with Crippen LogP contribution in [0.25, 0.3) is 0 Å². The summed E-state index contributed by atoms with van der Waals surface area (Å²) in [6, 6.07) is 3.64. The Labute approximate surface area is 135 Å². The molecular formula is C18H21NO4. The standard InChI is InChI=1S/C18H21NO4/c1-10-3-4-11-9-13-18(21)6-5-12(20)16-17(18,7-8-19(13,2)22)14(11)15(10)23-16/h3-4,13,16,21H,5-9H2,1-2H3/t13-,16+,17+,18-,19?/m1/s1. The lowest BCUT2D eigenvalue weighted by Gasteiger charge is -2.65. The first kappa shape index (κ1) is 14.0. The van der Waals surface area contributed by atoms with Gasteiger partial charge in [-0.3, -0.25) is 4.79 Å². The summed E-state index contributed by atoms with van der Waals surface area (Å²) >= 11 is 0. The summed E-state index contributed by atoms with van der Waals surface area (Å²) in [4.78, 5) is 12.6. The van der Waals surface area contributed by atoms with E-state index in [0.717, 1.165) is 22.4 Å². The number of hydrogen-bond acceptors (Lipinski definition) is 4. The minimum atomic E-state index is -1.15. The van der Waals surface area contributed by atoms with E-state index in [1.165, 1.54) is 0 Å². The van der Waals surface area contributed by atoms with Crippen molar-refractivity contribution < 1.29 is 19.3 Å². The number of carbonyl (C=O) groups excluding carboxylic acids is 1. The van der Waals surface area contributed by atoms with Gasteiger partial charge in [0.2, 0.25) is 0 Å². The van der Waals surface area contributed by atoms with Crippen molar-refractivity contribution in [3.63, 3.8) is 0 Å². The number of hydrogen-bond donors (Lipinski definition) is 1. The average molecular weight is 315 g/mol. The van der Waals surface area contributed by atoms with Gasteiger partial charge in [-0.05, 0) is 24.5 Å². The zero-order valence-corrected chi connectivity index (χ0v) is 13.5. The maximum Gasteiger partial charge on any atom is 0.174 e. The molecule has 0 aromatic heterocycles. The molecule has 1 aromatic carbocycles. The molecule has 2 aliphatic carbocycles. The SMILES string of the molecule is Cc1ccc2c3c1O[C@H]1C(=O)CC[C@@]4(O)[C@@H](C2)[N+](C)([O-])CC[C@]314. The van der Waals surface area contributed by atoms with Crippen molar-refractivity contribution in [2.75, 3.05) is 13.6 Å². The number of likely N-dealkylation sites (tertiary alicyclic amines) is 1. The van der Waals surface area contributed by atoms with Crippen molar-refractivity contribution in [1.29, 1.82) is 0 Å². The Balaban J connectivity index is 1.88. The van der Waals surface area contributed by atoms with E-state index in [1.54, 1.807) is 7.05 Å². The molecule has 2 fully saturated rings. The molecule has 5 heteroatoms. The Morgan fingerprint density at radius 1 is 1.39 bits per heavy atom. The molecule has 5 atom stereocenters. The number of likely N-dealkylation sites (N-methyl/N-ethyl adjacent to an activating group) is 1. The number of aliphatic hydroxyl groups is 1. The average Bonchev–Trinajstić information content (AvgIpc) is 2.86. The number of carbonyl (C=O) groups is 1. The van der Waals surface area contributed by atoms with Gasteiger partial charge in [-0.1, -0.05) is 12.1 Å². The normalized spacial score (nSPS) is 46.3. The summed E-state index contributed by atoms with van der Waals surface area (Å²) in [5, 5.41) is 24.8. The number of hydroxylamine groups is 3. The third-order valence-electron chi connectivity index (χ3n) is 6.96. The molecule has 1 saturated heterocycles. The van der Waals surface area contributed by atoms with Gasteiger partial charge in [-0.15, -0.1) is 0 Å². The van der Waals surface area contributed by atoms with Gasteiger partial charge in [0.15, 0.2) is 11.9 Å². The van der Waals surface area contributed by atoms with Crippen LogP contribution in [0, 0.1) is 12.1 Å². The highest BCUT2D eigenvalue weighted by atomic mass is 16.6. The second-order valence-electron chi connectivity index (χ2n) is 7.97. The quantitative estimate of drug-likeness (QED) is 0.580. The van der Waals surface area contributed by atoms with Crippen LogP contribution in [0.4, 0.5) is 0 Å². The topological polar surface area (TPSA) is 69.6 Å². The summed E-state index contributed by atoms with van der Waals surface area (Å²) in [5.74, 6) is 0.848. The monoisotopic (exact) mass is 315 g/mol. The van der Waals surface area contributed by atoms with E-state index in [2.05, 4.69) is 6.07 Å². The number of aryl methyl sites for hydroxylation is 1. The minimum Gasteiger partial charge on any atom is -0.633 e. The van der Waals surface area contributed by atoms with E-state index < -0.39 is 27.8 Å². The van der Waals surface area contributed by atoms with Gasteiger partial charge < -0.3 is 19.7 Å². The highest BCUT2D eigenvalue weighted by Gasteiger charge is 2.75. The van der Waals surface area contributed by atoms with E-state index in [1.807, 2.05) is 13.0 Å². The van der Waals surface area contributed by atoms with E-state index in [0.29, 0.717) is 32.2 Å². The van der Waals surface area contributed by atoms with Crippen LogP contribution in [0.15, 0.2) is 12.1 Å². The summed E-state index contributed by atoms with van der Waals surface area (Å²) in [6.07, 6.45) is 1.12. The number of quaternary nitrogens is 1. The van der Waals surface area contributed by atoms with Crippen molar-refractivity contribution in [2.45, 2.75) is 55.8 Å². The van der Waals surface area contributed by atoms with E-state index in [9.17, 15) is 15.1 Å². The predicted molar refractivity (Wildman–Crippen MR) is 83.0 cm³/mol. The first-order valence-corrected chi connectivity index (χ1v) is 8.42. The van der Waals surface area contributed by atoms with Crippen LogP contribution >= 0.6 is 0 Å². The van der Waals surface area contributed by atoms with Crippen LogP contribution < -0.4 is 4.74 Å². The lowest BCUT2D eigenvalue weighted by molar-refractivity contribution is -0.904.